The van der Waals surface area contributed by atoms with Crippen molar-refractivity contribution in [2.24, 2.45) is 0 Å². The number of hydrogen-bond acceptors (Lipinski definition) is 3. The van der Waals surface area contributed by atoms with Gasteiger partial charge in [-0.25, -0.2) is 4.21 Å². The van der Waals surface area contributed by atoms with Gasteiger partial charge in [-0.2, -0.15) is 8.78 Å². The van der Waals surface area contributed by atoms with Gasteiger partial charge in [0.25, 0.3) is 0 Å². The highest BCUT2D eigenvalue weighted by Crippen LogP contribution is 2.59. The van der Waals surface area contributed by atoms with E-state index in [1.54, 1.807) is 0 Å². The molecule has 2 bridgehead atoms. The van der Waals surface area contributed by atoms with Crippen molar-refractivity contribution in [1.82, 2.24) is 0 Å². The van der Waals surface area contributed by atoms with Crippen molar-refractivity contribution >= 4 is 17.0 Å². The highest BCUT2D eigenvalue weighted by Gasteiger charge is 2.57. The summed E-state index contributed by atoms with van der Waals surface area (Å²) in [5.41, 5.74) is 4.43. The molecule has 0 amide bonds. The maximum atomic E-state index is 13.8. The van der Waals surface area contributed by atoms with Gasteiger partial charge < -0.3 is 9.29 Å². The molecule has 6 rings (SSSR count). The molecule has 4 nitrogen and oxygen atoms in total. The fraction of sp³-hybridized carbons (Fsp3) is 0.240. The predicted octanol–water partition coefficient (Wildman–Crippen LogP) is 4.97. The number of esters is 1. The molecule has 0 heterocycles. The molecular weight excluding hydrogens is 434 g/mol. The second-order valence-electron chi connectivity index (χ2n) is 8.07. The molecule has 3 aromatic rings. The van der Waals surface area contributed by atoms with Crippen LogP contribution >= 0.6 is 0 Å². The summed E-state index contributed by atoms with van der Waals surface area (Å²) in [6.45, 7) is -0.275. The van der Waals surface area contributed by atoms with Gasteiger partial charge in [-0.3, -0.25) is 4.79 Å². The Balaban J connectivity index is 1.58. The van der Waals surface area contributed by atoms with Gasteiger partial charge >= 0.3 is 11.2 Å². The second-order valence-corrected chi connectivity index (χ2v) is 9.17. The van der Waals surface area contributed by atoms with Crippen LogP contribution in [-0.2, 0) is 26.0 Å². The zero-order valence-corrected chi connectivity index (χ0v) is 17.8. The Hall–Kier alpha value is -2.90. The van der Waals surface area contributed by atoms with E-state index >= 15 is 0 Å². The summed E-state index contributed by atoms with van der Waals surface area (Å²) in [5.74, 6) is -0.525. The first-order chi connectivity index (χ1) is 15.4. The number of alkyl halides is 2. The SMILES string of the molecule is O=C(OCCCC(F)(F)S(=O)O)C12c3ccccc3C(c3ccccc31)c1ccccc12. The minimum absolute atomic E-state index is 0.00602. The quantitative estimate of drug-likeness (QED) is 0.325. The average molecular weight is 454 g/mol. The largest absolute Gasteiger partial charge is 0.465 e. The highest BCUT2D eigenvalue weighted by molar-refractivity contribution is 7.80. The predicted molar refractivity (Wildman–Crippen MR) is 116 cm³/mol. The third-order valence-electron chi connectivity index (χ3n) is 6.43. The summed E-state index contributed by atoms with van der Waals surface area (Å²) < 4.78 is 52.0. The van der Waals surface area contributed by atoms with Crippen molar-refractivity contribution in [2.75, 3.05) is 6.61 Å². The van der Waals surface area contributed by atoms with Crippen LogP contribution in [0.15, 0.2) is 72.8 Å². The Morgan fingerprint density at radius 1 is 0.906 bits per heavy atom. The zero-order valence-electron chi connectivity index (χ0n) is 17.0. The lowest BCUT2D eigenvalue weighted by atomic mass is 9.53. The monoisotopic (exact) mass is 454 g/mol. The zero-order chi connectivity index (χ0) is 22.5. The van der Waals surface area contributed by atoms with E-state index in [0.717, 1.165) is 33.4 Å². The Morgan fingerprint density at radius 2 is 1.34 bits per heavy atom. The third kappa shape index (κ3) is 2.88. The maximum Gasteiger partial charge on any atom is 0.345 e. The average Bonchev–Trinajstić information content (AvgIpc) is 2.81. The Labute approximate surface area is 186 Å². The van der Waals surface area contributed by atoms with Crippen molar-refractivity contribution < 1.29 is 27.1 Å². The first-order valence-corrected chi connectivity index (χ1v) is 11.4. The van der Waals surface area contributed by atoms with Gasteiger partial charge in [0.2, 0.25) is 11.1 Å². The normalized spacial score (nSPS) is 21.3. The first-order valence-electron chi connectivity index (χ1n) is 10.3. The Kier molecular flexibility index (Phi) is 4.98. The summed E-state index contributed by atoms with van der Waals surface area (Å²) in [7, 11) is 0. The number of carbonyl (C=O) groups is 1. The van der Waals surface area contributed by atoms with Crippen molar-refractivity contribution in [3.63, 3.8) is 0 Å². The number of carbonyl (C=O) groups excluding carboxylic acids is 1. The van der Waals surface area contributed by atoms with Gasteiger partial charge in [0.05, 0.1) is 6.61 Å². The minimum Gasteiger partial charge on any atom is -0.465 e. The molecule has 3 aliphatic rings. The van der Waals surface area contributed by atoms with E-state index < -0.39 is 34.1 Å². The number of halogens is 2. The molecule has 0 aromatic heterocycles. The van der Waals surface area contributed by atoms with E-state index in [0.29, 0.717) is 0 Å². The van der Waals surface area contributed by atoms with Gasteiger partial charge in [-0.15, -0.1) is 0 Å². The van der Waals surface area contributed by atoms with Gasteiger partial charge in [0.15, 0.2) is 0 Å². The molecular formula is C25H20F2O4S. The van der Waals surface area contributed by atoms with Crippen molar-refractivity contribution in [2.45, 2.75) is 29.4 Å². The fourth-order valence-corrected chi connectivity index (χ4v) is 5.50. The molecule has 1 N–H and O–H groups in total. The molecule has 0 saturated heterocycles. The molecule has 1 unspecified atom stereocenters. The summed E-state index contributed by atoms with van der Waals surface area (Å²) in [4.78, 5) is 13.8. The van der Waals surface area contributed by atoms with Crippen LogP contribution in [0.4, 0.5) is 8.78 Å². The molecule has 1 atom stereocenters. The van der Waals surface area contributed by atoms with Crippen LogP contribution in [0.25, 0.3) is 0 Å². The molecule has 164 valence electrons. The molecule has 3 aliphatic carbocycles. The summed E-state index contributed by atoms with van der Waals surface area (Å²) in [5, 5.41) is -3.74. The topological polar surface area (TPSA) is 63.6 Å². The molecule has 32 heavy (non-hydrogen) atoms. The molecule has 0 radical (unpaired) electrons. The number of rotatable bonds is 6. The maximum absolute atomic E-state index is 13.8. The van der Waals surface area contributed by atoms with Crippen LogP contribution < -0.4 is 0 Å². The Bertz CT molecular complexity index is 1120. The first kappa shape index (κ1) is 21.0. The van der Waals surface area contributed by atoms with E-state index in [4.69, 9.17) is 9.29 Å². The molecule has 7 heteroatoms. The van der Waals surface area contributed by atoms with Crippen LogP contribution in [0.5, 0.6) is 0 Å². The van der Waals surface area contributed by atoms with E-state index in [1.165, 1.54) is 0 Å². The molecule has 0 aliphatic heterocycles. The van der Waals surface area contributed by atoms with Crippen molar-refractivity contribution in [3.05, 3.63) is 106 Å². The van der Waals surface area contributed by atoms with Gasteiger partial charge in [-0.1, -0.05) is 72.8 Å². The lowest BCUT2D eigenvalue weighted by molar-refractivity contribution is -0.148. The van der Waals surface area contributed by atoms with Gasteiger partial charge in [-0.05, 0) is 39.8 Å². The molecule has 3 aromatic carbocycles. The van der Waals surface area contributed by atoms with E-state index in [-0.39, 0.29) is 18.9 Å². The fourth-order valence-electron chi connectivity index (χ4n) is 5.18. The smallest absolute Gasteiger partial charge is 0.345 e. The number of hydrogen-bond donors (Lipinski definition) is 1. The lowest BCUT2D eigenvalue weighted by Gasteiger charge is -2.48. The third-order valence-corrected chi connectivity index (χ3v) is 7.15. The minimum atomic E-state index is -3.74. The van der Waals surface area contributed by atoms with Gasteiger partial charge in [0, 0.05) is 12.3 Å². The van der Waals surface area contributed by atoms with E-state index in [9.17, 15) is 17.8 Å². The molecule has 0 fully saturated rings. The molecule has 0 saturated carbocycles. The summed E-state index contributed by atoms with van der Waals surface area (Å²) >= 11 is -3.26. The van der Waals surface area contributed by atoms with Crippen LogP contribution in [0, 0.1) is 0 Å². The van der Waals surface area contributed by atoms with E-state index in [1.807, 2.05) is 72.8 Å². The van der Waals surface area contributed by atoms with Crippen LogP contribution in [-0.4, -0.2) is 26.6 Å². The Morgan fingerprint density at radius 3 is 1.78 bits per heavy atom. The summed E-state index contributed by atoms with van der Waals surface area (Å²) in [6, 6.07) is 23.3. The van der Waals surface area contributed by atoms with Gasteiger partial charge in [0.1, 0.15) is 5.41 Å². The standard InChI is InChI=1S/C25H20F2O4S/c26-24(27,32(29)30)14-7-15-31-23(28)25-19-11-4-1-8-16(19)22(17-9-2-5-12-20(17)25)18-10-3-6-13-21(18)25/h1-6,8-13,22H,7,14-15H2,(H,29,30). The highest BCUT2D eigenvalue weighted by atomic mass is 32.2. The van der Waals surface area contributed by atoms with Crippen LogP contribution in [0.3, 0.4) is 0 Å². The number of ether oxygens (including phenoxy) is 1. The van der Waals surface area contributed by atoms with Crippen molar-refractivity contribution in [1.29, 1.82) is 0 Å². The van der Waals surface area contributed by atoms with Crippen LogP contribution in [0.2, 0.25) is 0 Å². The second kappa shape index (κ2) is 7.60. The van der Waals surface area contributed by atoms with Crippen molar-refractivity contribution in [3.8, 4) is 0 Å². The number of benzene rings is 3. The summed E-state index contributed by atoms with van der Waals surface area (Å²) in [6.07, 6.45) is -1.07. The van der Waals surface area contributed by atoms with Crippen LogP contribution in [0.1, 0.15) is 52.1 Å². The van der Waals surface area contributed by atoms with E-state index in [2.05, 4.69) is 0 Å². The lowest BCUT2D eigenvalue weighted by Crippen LogP contribution is -2.48. The molecule has 0 spiro atoms.